The zero-order valence-electron chi connectivity index (χ0n) is 24.2. The van der Waals surface area contributed by atoms with Gasteiger partial charge in [-0.1, -0.05) is 30.3 Å². The Morgan fingerprint density at radius 1 is 0.886 bits per heavy atom. The molecule has 0 saturated carbocycles. The summed E-state index contributed by atoms with van der Waals surface area (Å²) in [4.78, 5) is 17.1. The first-order valence-electron chi connectivity index (χ1n) is 14.7. The van der Waals surface area contributed by atoms with Crippen LogP contribution in [0, 0.1) is 0 Å². The number of carbonyl (C=O) groups excluding carboxylic acids is 1. The first kappa shape index (κ1) is 32.9. The number of carbonyl (C=O) groups is 1. The van der Waals surface area contributed by atoms with Crippen LogP contribution in [0.3, 0.4) is 0 Å². The van der Waals surface area contributed by atoms with Crippen LogP contribution in [-0.4, -0.2) is 79.9 Å². The number of hydrogen-bond acceptors (Lipinski definition) is 5. The summed E-state index contributed by atoms with van der Waals surface area (Å²) in [5, 5.41) is 0. The second kappa shape index (κ2) is 12.7. The van der Waals surface area contributed by atoms with Gasteiger partial charge in [0.05, 0.1) is 29.1 Å². The molecule has 0 aliphatic carbocycles. The fraction of sp³-hybridized carbons (Fsp3) is 0.567. The number of ether oxygens (including phenoxy) is 1. The van der Waals surface area contributed by atoms with Crippen molar-refractivity contribution in [2.45, 2.75) is 69.1 Å². The molecule has 0 aromatic heterocycles. The molecule has 2 aromatic carbocycles. The first-order chi connectivity index (χ1) is 20.6. The quantitative estimate of drug-likeness (QED) is 0.326. The maximum Gasteiger partial charge on any atom is 0.416 e. The second-order valence-corrected chi connectivity index (χ2v) is 13.9. The lowest BCUT2D eigenvalue weighted by Crippen LogP contribution is -2.54. The van der Waals surface area contributed by atoms with Crippen LogP contribution in [0.5, 0.6) is 0 Å². The molecular weight excluding hydrogens is 612 g/mol. The zero-order valence-corrected chi connectivity index (χ0v) is 25.0. The van der Waals surface area contributed by atoms with Crippen molar-refractivity contribution in [1.82, 2.24) is 14.1 Å². The molecule has 0 bridgehead atoms. The minimum atomic E-state index is -4.96. The summed E-state index contributed by atoms with van der Waals surface area (Å²) in [7, 11) is -2.74. The lowest BCUT2D eigenvalue weighted by atomic mass is 9.87. The van der Waals surface area contributed by atoms with Gasteiger partial charge in [-0.3, -0.25) is 9.11 Å². The standard InChI is InChI=1S/C30H37F6N3O4S/c1-20(22-16-23(29(31,32)33)18-24(17-22)30(34,35)36)43-27-10-14-38(19-26(27)21-6-3-2-4-7-21)28(40)37-12-8-25(9-13-37)39-11-5-15-44(39,41)42/h2-4,6-7,16-18,20,25-27,41-42H,5,8-15,19H2,1H3/t20-,26+,27+/m1/s1. The van der Waals surface area contributed by atoms with Crippen LogP contribution in [0.4, 0.5) is 31.1 Å². The first-order valence-corrected chi connectivity index (χ1v) is 16.4. The summed E-state index contributed by atoms with van der Waals surface area (Å²) in [6.45, 7) is 3.58. The van der Waals surface area contributed by atoms with E-state index in [9.17, 15) is 40.2 Å². The van der Waals surface area contributed by atoms with E-state index in [4.69, 9.17) is 4.74 Å². The van der Waals surface area contributed by atoms with Gasteiger partial charge in [-0.2, -0.15) is 26.3 Å². The zero-order chi connectivity index (χ0) is 31.9. The van der Waals surface area contributed by atoms with Crippen molar-refractivity contribution in [2.24, 2.45) is 0 Å². The molecule has 2 N–H and O–H groups in total. The van der Waals surface area contributed by atoms with E-state index in [1.807, 2.05) is 30.3 Å². The minimum absolute atomic E-state index is 0.00190. The van der Waals surface area contributed by atoms with Gasteiger partial charge in [0.25, 0.3) is 0 Å². The predicted octanol–water partition coefficient (Wildman–Crippen LogP) is 7.62. The molecule has 2 amide bonds. The number of halogens is 6. The van der Waals surface area contributed by atoms with Crippen molar-refractivity contribution >= 4 is 16.8 Å². The molecule has 3 fully saturated rings. The number of benzene rings is 2. The average molecular weight is 650 g/mol. The lowest BCUT2D eigenvalue weighted by molar-refractivity contribution is -0.143. The van der Waals surface area contributed by atoms with Crippen LogP contribution in [0.15, 0.2) is 48.5 Å². The lowest BCUT2D eigenvalue weighted by Gasteiger charge is -2.46. The third-order valence-electron chi connectivity index (χ3n) is 8.82. The number of hydrogen-bond donors (Lipinski definition) is 2. The van der Waals surface area contributed by atoms with Crippen LogP contribution in [-0.2, 0) is 17.1 Å². The molecule has 3 aliphatic rings. The highest BCUT2D eigenvalue weighted by Crippen LogP contribution is 2.51. The molecule has 2 aromatic rings. The fourth-order valence-corrected chi connectivity index (χ4v) is 8.35. The second-order valence-electron chi connectivity index (χ2n) is 11.7. The van der Waals surface area contributed by atoms with E-state index in [0.717, 1.165) is 12.0 Å². The summed E-state index contributed by atoms with van der Waals surface area (Å²) in [6, 6.07) is 10.5. The molecule has 0 spiro atoms. The van der Waals surface area contributed by atoms with Crippen molar-refractivity contribution in [3.05, 3.63) is 70.8 Å². The average Bonchev–Trinajstić information content (AvgIpc) is 3.35. The Labute approximate surface area is 254 Å². The fourth-order valence-electron chi connectivity index (χ4n) is 6.49. The maximum atomic E-state index is 13.6. The maximum absolute atomic E-state index is 13.6. The molecule has 0 unspecified atom stereocenters. The van der Waals surface area contributed by atoms with E-state index in [1.165, 1.54) is 6.92 Å². The Morgan fingerprint density at radius 2 is 1.48 bits per heavy atom. The minimum Gasteiger partial charge on any atom is -0.370 e. The Balaban J connectivity index is 1.29. The summed E-state index contributed by atoms with van der Waals surface area (Å²) in [5.41, 5.74) is -2.16. The monoisotopic (exact) mass is 649 g/mol. The molecule has 44 heavy (non-hydrogen) atoms. The van der Waals surface area contributed by atoms with E-state index in [-0.39, 0.29) is 36.2 Å². The molecule has 3 saturated heterocycles. The Kier molecular flexibility index (Phi) is 9.49. The van der Waals surface area contributed by atoms with Crippen molar-refractivity contribution in [1.29, 1.82) is 0 Å². The van der Waals surface area contributed by atoms with Gasteiger partial charge in [-0.25, -0.2) is 9.10 Å². The SMILES string of the molecule is C[C@@H](O[C@H]1CCN(C(=O)N2CCC(N3CCCS3(O)O)CC2)C[C@H]1c1ccccc1)c1cc(C(F)(F)F)cc(C(F)(F)F)c1. The van der Waals surface area contributed by atoms with Gasteiger partial charge in [0, 0.05) is 44.7 Å². The third kappa shape index (κ3) is 7.30. The van der Waals surface area contributed by atoms with Crippen molar-refractivity contribution in [3.8, 4) is 0 Å². The number of rotatable bonds is 5. The summed E-state index contributed by atoms with van der Waals surface area (Å²) in [5.74, 6) is 0.0132. The van der Waals surface area contributed by atoms with Gasteiger partial charge in [0.1, 0.15) is 0 Å². The van der Waals surface area contributed by atoms with Gasteiger partial charge in [0.15, 0.2) is 0 Å². The highest BCUT2D eigenvalue weighted by Gasteiger charge is 2.41. The molecule has 3 heterocycles. The van der Waals surface area contributed by atoms with Gasteiger partial charge < -0.3 is 14.5 Å². The van der Waals surface area contributed by atoms with Crippen LogP contribution < -0.4 is 0 Å². The Morgan fingerprint density at radius 3 is 2.02 bits per heavy atom. The van der Waals surface area contributed by atoms with Crippen LogP contribution in [0.1, 0.15) is 66.9 Å². The molecule has 5 rings (SSSR count). The molecule has 3 aliphatic heterocycles. The largest absolute Gasteiger partial charge is 0.416 e. The van der Waals surface area contributed by atoms with E-state index < -0.39 is 46.5 Å². The number of amides is 2. The number of urea groups is 1. The van der Waals surface area contributed by atoms with Gasteiger partial charge >= 0.3 is 18.4 Å². The summed E-state index contributed by atoms with van der Waals surface area (Å²) in [6.07, 6.45) is -9.24. The van der Waals surface area contributed by atoms with Gasteiger partial charge in [0.2, 0.25) is 0 Å². The number of likely N-dealkylation sites (tertiary alicyclic amines) is 2. The Hall–Kier alpha value is -2.52. The predicted molar refractivity (Wildman–Crippen MR) is 154 cm³/mol. The normalized spacial score (nSPS) is 25.2. The summed E-state index contributed by atoms with van der Waals surface area (Å²) < 4.78 is 110. The molecule has 14 heteroatoms. The smallest absolute Gasteiger partial charge is 0.370 e. The van der Waals surface area contributed by atoms with Crippen molar-refractivity contribution in [3.63, 3.8) is 0 Å². The third-order valence-corrected chi connectivity index (χ3v) is 10.9. The topological polar surface area (TPSA) is 76.5 Å². The van der Waals surface area contributed by atoms with Crippen molar-refractivity contribution < 1.29 is 45.0 Å². The number of alkyl halides is 6. The number of piperidine rings is 2. The van der Waals surface area contributed by atoms with E-state index in [2.05, 4.69) is 0 Å². The van der Waals surface area contributed by atoms with Crippen LogP contribution in [0.25, 0.3) is 0 Å². The molecular formula is C30H37F6N3O4S. The highest BCUT2D eigenvalue weighted by molar-refractivity contribution is 8.22. The molecule has 3 atom stereocenters. The van der Waals surface area contributed by atoms with Crippen LogP contribution >= 0.6 is 10.8 Å². The Bertz CT molecular complexity index is 1270. The van der Waals surface area contributed by atoms with E-state index in [0.29, 0.717) is 63.3 Å². The van der Waals surface area contributed by atoms with Crippen LogP contribution in [0.2, 0.25) is 0 Å². The number of nitrogens with zero attached hydrogens (tertiary/aromatic N) is 3. The van der Waals surface area contributed by atoms with Gasteiger partial charge in [-0.15, -0.1) is 10.8 Å². The molecule has 244 valence electrons. The van der Waals surface area contributed by atoms with E-state index >= 15 is 0 Å². The summed E-state index contributed by atoms with van der Waals surface area (Å²) >= 11 is 0. The van der Waals surface area contributed by atoms with Crippen molar-refractivity contribution in [2.75, 3.05) is 38.5 Å². The van der Waals surface area contributed by atoms with Gasteiger partial charge in [-0.05, 0) is 61.9 Å². The highest BCUT2D eigenvalue weighted by atomic mass is 32.3. The molecule has 0 radical (unpaired) electrons. The van der Waals surface area contributed by atoms with E-state index in [1.54, 1.807) is 14.1 Å². The molecule has 7 nitrogen and oxygen atoms in total.